The molecular weight excluding hydrogens is 366 g/mol. The topological polar surface area (TPSA) is 100.0 Å². The Morgan fingerprint density at radius 3 is 2.67 bits per heavy atom. The summed E-state index contributed by atoms with van der Waals surface area (Å²) in [6, 6.07) is 7.03. The maximum atomic E-state index is 13.2. The Morgan fingerprint density at radius 2 is 1.85 bits per heavy atom. The van der Waals surface area contributed by atoms with Crippen LogP contribution in [0, 0.1) is 0 Å². The van der Waals surface area contributed by atoms with E-state index in [-0.39, 0.29) is 5.03 Å². The van der Waals surface area contributed by atoms with Gasteiger partial charge in [-0.15, -0.1) is 0 Å². The van der Waals surface area contributed by atoms with Crippen molar-refractivity contribution in [3.05, 3.63) is 61.4 Å². The van der Waals surface area contributed by atoms with Crippen molar-refractivity contribution in [2.75, 3.05) is 0 Å². The highest BCUT2D eigenvalue weighted by molar-refractivity contribution is 7.90. The number of fused-ring (bicyclic) bond motifs is 2. The minimum Gasteiger partial charge on any atom is -0.289 e. The molecule has 0 amide bonds. The van der Waals surface area contributed by atoms with Gasteiger partial charge in [-0.2, -0.15) is 22.7 Å². The standard InChI is InChI=1S/C17H13N7O2S/c1-22-11-13(8-20-22)12-6-15-14(18-7-12)9-21-24(15)27(25,26)17-10-19-16-4-2-3-5-23(16)17/h2-11H,1H3. The smallest absolute Gasteiger partial charge is 0.289 e. The largest absolute Gasteiger partial charge is 0.301 e. The zero-order valence-electron chi connectivity index (χ0n) is 14.1. The Hall–Kier alpha value is -3.53. The van der Waals surface area contributed by atoms with Crippen LogP contribution in [0.25, 0.3) is 27.8 Å². The molecule has 0 saturated carbocycles. The van der Waals surface area contributed by atoms with Gasteiger partial charge in [0.25, 0.3) is 0 Å². The van der Waals surface area contributed by atoms with Crippen molar-refractivity contribution in [3.8, 4) is 11.1 Å². The molecule has 0 fully saturated rings. The molecule has 10 heteroatoms. The van der Waals surface area contributed by atoms with Gasteiger partial charge in [0, 0.05) is 36.8 Å². The number of hydrogen-bond donors (Lipinski definition) is 0. The van der Waals surface area contributed by atoms with Crippen LogP contribution >= 0.6 is 0 Å². The van der Waals surface area contributed by atoms with Crippen molar-refractivity contribution in [2.24, 2.45) is 7.05 Å². The molecule has 0 N–H and O–H groups in total. The van der Waals surface area contributed by atoms with E-state index in [1.54, 1.807) is 47.5 Å². The first-order valence-corrected chi connectivity index (χ1v) is 9.48. The van der Waals surface area contributed by atoms with Crippen molar-refractivity contribution in [3.63, 3.8) is 0 Å². The van der Waals surface area contributed by atoms with Gasteiger partial charge in [-0.05, 0) is 18.2 Å². The second-order valence-electron chi connectivity index (χ2n) is 6.05. The minimum atomic E-state index is -3.95. The van der Waals surface area contributed by atoms with Gasteiger partial charge in [0.05, 0.1) is 18.6 Å². The maximum Gasteiger partial charge on any atom is 0.301 e. The van der Waals surface area contributed by atoms with Crippen LogP contribution in [0.4, 0.5) is 0 Å². The summed E-state index contributed by atoms with van der Waals surface area (Å²) in [6.07, 6.45) is 9.62. The van der Waals surface area contributed by atoms with Crippen LogP contribution in [0.15, 0.2) is 66.5 Å². The second kappa shape index (κ2) is 5.48. The van der Waals surface area contributed by atoms with Crippen LogP contribution in [0.3, 0.4) is 0 Å². The number of hydrogen-bond acceptors (Lipinski definition) is 6. The summed E-state index contributed by atoms with van der Waals surface area (Å²) in [7, 11) is -2.14. The molecule has 5 aromatic rings. The monoisotopic (exact) mass is 379 g/mol. The average molecular weight is 379 g/mol. The van der Waals surface area contributed by atoms with Gasteiger partial charge in [-0.25, -0.2) is 4.98 Å². The zero-order chi connectivity index (χ0) is 18.6. The first kappa shape index (κ1) is 15.7. The first-order valence-electron chi connectivity index (χ1n) is 8.04. The van der Waals surface area contributed by atoms with Crippen molar-refractivity contribution in [1.29, 1.82) is 0 Å². The van der Waals surface area contributed by atoms with Gasteiger partial charge in [-0.1, -0.05) is 6.07 Å². The molecule has 134 valence electrons. The normalized spacial score (nSPS) is 12.2. The van der Waals surface area contributed by atoms with E-state index < -0.39 is 10.0 Å². The van der Waals surface area contributed by atoms with E-state index in [1.165, 1.54) is 16.8 Å². The lowest BCUT2D eigenvalue weighted by Gasteiger charge is -2.06. The summed E-state index contributed by atoms with van der Waals surface area (Å²) < 4.78 is 30.6. The van der Waals surface area contributed by atoms with E-state index in [1.807, 2.05) is 13.2 Å². The second-order valence-corrected chi connectivity index (χ2v) is 7.76. The summed E-state index contributed by atoms with van der Waals surface area (Å²) in [5.41, 5.74) is 3.02. The molecule has 0 aliphatic rings. The number of pyridine rings is 2. The van der Waals surface area contributed by atoms with E-state index in [0.29, 0.717) is 16.7 Å². The lowest BCUT2D eigenvalue weighted by molar-refractivity contribution is 0.577. The van der Waals surface area contributed by atoms with Gasteiger partial charge in [0.2, 0.25) is 0 Å². The number of imidazole rings is 1. The van der Waals surface area contributed by atoms with Crippen LogP contribution in [-0.4, -0.2) is 41.8 Å². The predicted octanol–water partition coefficient (Wildman–Crippen LogP) is 1.72. The molecule has 0 aliphatic heterocycles. The van der Waals surface area contributed by atoms with Crippen molar-refractivity contribution in [2.45, 2.75) is 5.03 Å². The molecule has 0 aromatic carbocycles. The molecule has 0 aliphatic carbocycles. The zero-order valence-corrected chi connectivity index (χ0v) is 14.9. The van der Waals surface area contributed by atoms with Gasteiger partial charge in [0.1, 0.15) is 16.7 Å². The van der Waals surface area contributed by atoms with Gasteiger partial charge < -0.3 is 0 Å². The Balaban J connectivity index is 1.72. The summed E-state index contributed by atoms with van der Waals surface area (Å²) in [5.74, 6) is 0. The highest BCUT2D eigenvalue weighted by Crippen LogP contribution is 2.25. The summed E-state index contributed by atoms with van der Waals surface area (Å²) in [6.45, 7) is 0. The third kappa shape index (κ3) is 2.34. The minimum absolute atomic E-state index is 0.0369. The van der Waals surface area contributed by atoms with Gasteiger partial charge in [-0.3, -0.25) is 14.1 Å². The van der Waals surface area contributed by atoms with E-state index in [0.717, 1.165) is 15.2 Å². The number of aryl methyl sites for hydroxylation is 1. The van der Waals surface area contributed by atoms with E-state index >= 15 is 0 Å². The van der Waals surface area contributed by atoms with Crippen molar-refractivity contribution >= 4 is 26.7 Å². The van der Waals surface area contributed by atoms with Crippen molar-refractivity contribution in [1.82, 2.24) is 33.3 Å². The Labute approximate surface area is 153 Å². The third-order valence-corrected chi connectivity index (χ3v) is 5.88. The maximum absolute atomic E-state index is 13.2. The molecule has 0 spiro atoms. The Morgan fingerprint density at radius 1 is 0.963 bits per heavy atom. The quantitative estimate of drug-likeness (QED) is 0.473. The van der Waals surface area contributed by atoms with Gasteiger partial charge in [0.15, 0.2) is 5.03 Å². The molecule has 0 bridgehead atoms. The van der Waals surface area contributed by atoms with Crippen molar-refractivity contribution < 1.29 is 8.42 Å². The number of nitrogens with zero attached hydrogens (tertiary/aromatic N) is 7. The fraction of sp³-hybridized carbons (Fsp3) is 0.0588. The summed E-state index contributed by atoms with van der Waals surface area (Å²) in [5, 5.41) is 8.25. The van der Waals surface area contributed by atoms with Crippen LogP contribution in [0.2, 0.25) is 0 Å². The fourth-order valence-electron chi connectivity index (χ4n) is 2.99. The molecule has 0 saturated heterocycles. The average Bonchev–Trinajstić information content (AvgIpc) is 3.38. The summed E-state index contributed by atoms with van der Waals surface area (Å²) in [4.78, 5) is 8.50. The van der Waals surface area contributed by atoms with Crippen LogP contribution in [0.5, 0.6) is 0 Å². The summed E-state index contributed by atoms with van der Waals surface area (Å²) >= 11 is 0. The molecule has 0 atom stereocenters. The van der Waals surface area contributed by atoms with Crippen LogP contribution < -0.4 is 0 Å². The fourth-order valence-corrected chi connectivity index (χ4v) is 4.34. The predicted molar refractivity (Wildman–Crippen MR) is 97.5 cm³/mol. The number of rotatable bonds is 3. The molecule has 0 unspecified atom stereocenters. The molecule has 27 heavy (non-hydrogen) atoms. The third-order valence-electron chi connectivity index (χ3n) is 4.30. The molecule has 5 rings (SSSR count). The molecule has 9 nitrogen and oxygen atoms in total. The molecular formula is C17H13N7O2S. The van der Waals surface area contributed by atoms with E-state index in [2.05, 4.69) is 20.2 Å². The highest BCUT2D eigenvalue weighted by Gasteiger charge is 2.25. The lowest BCUT2D eigenvalue weighted by Crippen LogP contribution is -2.16. The Kier molecular flexibility index (Phi) is 3.19. The number of aromatic nitrogens is 7. The first-order chi connectivity index (χ1) is 13.0. The van der Waals surface area contributed by atoms with Gasteiger partial charge >= 0.3 is 10.0 Å². The molecule has 5 heterocycles. The van der Waals surface area contributed by atoms with E-state index in [4.69, 9.17) is 0 Å². The lowest BCUT2D eigenvalue weighted by atomic mass is 10.1. The SMILES string of the molecule is Cn1cc(-c2cnc3cnn(S(=O)(=O)c4cnc5ccccn45)c3c2)cn1. The van der Waals surface area contributed by atoms with E-state index in [9.17, 15) is 8.42 Å². The molecule has 0 radical (unpaired) electrons. The van der Waals surface area contributed by atoms with Crippen LogP contribution in [0.1, 0.15) is 0 Å². The highest BCUT2D eigenvalue weighted by atomic mass is 32.2. The van der Waals surface area contributed by atoms with Crippen LogP contribution in [-0.2, 0) is 17.1 Å². The Bertz CT molecular complexity index is 1410. The molecule has 5 aromatic heterocycles.